The first-order valence-electron chi connectivity index (χ1n) is 9.77. The molecule has 0 saturated carbocycles. The van der Waals surface area contributed by atoms with Gasteiger partial charge in [0.05, 0.1) is 5.69 Å². The van der Waals surface area contributed by atoms with E-state index in [0.717, 1.165) is 63.6 Å². The fraction of sp³-hybridized carbons (Fsp3) is 0.400. The first-order valence-corrected chi connectivity index (χ1v) is 10.5. The van der Waals surface area contributed by atoms with Gasteiger partial charge in [-0.2, -0.15) is 0 Å². The lowest BCUT2D eigenvalue weighted by atomic mass is 10.2. The van der Waals surface area contributed by atoms with Crippen molar-refractivity contribution in [2.24, 2.45) is 0 Å². The van der Waals surface area contributed by atoms with Crippen molar-refractivity contribution in [3.8, 4) is 0 Å². The van der Waals surface area contributed by atoms with E-state index in [4.69, 9.17) is 0 Å². The third-order valence-electron chi connectivity index (χ3n) is 4.88. The largest absolute Gasteiger partial charge is 0.368 e. The van der Waals surface area contributed by atoms with Crippen LogP contribution in [0.2, 0.25) is 0 Å². The van der Waals surface area contributed by atoms with Crippen LogP contribution in [0.3, 0.4) is 0 Å². The molecule has 3 heterocycles. The van der Waals surface area contributed by atoms with Crippen molar-refractivity contribution in [1.29, 1.82) is 0 Å². The molecule has 2 aromatic rings. The first kappa shape index (κ1) is 19.2. The zero-order chi connectivity index (χ0) is 19.2. The summed E-state index contributed by atoms with van der Waals surface area (Å²) in [6.45, 7) is 12.0. The summed E-state index contributed by atoms with van der Waals surface area (Å²) >= 11 is 1.87. The van der Waals surface area contributed by atoms with Crippen molar-refractivity contribution >= 4 is 35.3 Å². The number of rotatable bonds is 6. The second-order valence-corrected chi connectivity index (χ2v) is 8.00. The zero-order valence-corrected chi connectivity index (χ0v) is 16.8. The number of benzene rings is 1. The summed E-state index contributed by atoms with van der Waals surface area (Å²) in [5, 5.41) is 10.2. The van der Waals surface area contributed by atoms with Crippen molar-refractivity contribution in [2.45, 2.75) is 4.90 Å². The molecule has 2 saturated heterocycles. The predicted molar refractivity (Wildman–Crippen MR) is 117 cm³/mol. The van der Waals surface area contributed by atoms with E-state index in [1.807, 2.05) is 11.9 Å². The van der Waals surface area contributed by atoms with Crippen LogP contribution >= 0.6 is 11.9 Å². The van der Waals surface area contributed by atoms with Gasteiger partial charge in [0.25, 0.3) is 0 Å². The zero-order valence-electron chi connectivity index (χ0n) is 16.0. The standard InChI is InChI=1S/C20H27N7S/c1-2-16-14-23-20(24-15-16)25-17-3-4-19(28-27-11-7-22-8-12-27)18(13-17)26-9-5-21-6-10-26/h2-4,13-15,21-22H,1,5-12H2,(H,23,24,25). The Morgan fingerprint density at radius 1 is 1.00 bits per heavy atom. The van der Waals surface area contributed by atoms with Crippen molar-refractivity contribution in [3.05, 3.63) is 42.7 Å². The van der Waals surface area contributed by atoms with Crippen LogP contribution in [0.25, 0.3) is 6.08 Å². The molecule has 0 unspecified atom stereocenters. The second-order valence-electron chi connectivity index (χ2n) is 6.86. The van der Waals surface area contributed by atoms with Gasteiger partial charge in [-0.05, 0) is 30.1 Å². The van der Waals surface area contributed by atoms with Crippen LogP contribution in [0.4, 0.5) is 17.3 Å². The van der Waals surface area contributed by atoms with Crippen LogP contribution in [-0.4, -0.2) is 66.6 Å². The van der Waals surface area contributed by atoms with Crippen LogP contribution in [0.15, 0.2) is 42.1 Å². The number of aromatic nitrogens is 2. The number of nitrogens with zero attached hydrogens (tertiary/aromatic N) is 4. The van der Waals surface area contributed by atoms with E-state index in [0.29, 0.717) is 5.95 Å². The monoisotopic (exact) mass is 397 g/mol. The molecular weight excluding hydrogens is 370 g/mol. The molecule has 148 valence electrons. The van der Waals surface area contributed by atoms with Crippen LogP contribution in [0, 0.1) is 0 Å². The summed E-state index contributed by atoms with van der Waals surface area (Å²) in [6.07, 6.45) is 5.29. The Morgan fingerprint density at radius 2 is 1.68 bits per heavy atom. The Hall–Kier alpha value is -2.13. The highest BCUT2D eigenvalue weighted by Crippen LogP contribution is 2.35. The Labute approximate surface area is 170 Å². The van der Waals surface area contributed by atoms with Crippen LogP contribution in [-0.2, 0) is 0 Å². The summed E-state index contributed by atoms with van der Waals surface area (Å²) in [7, 11) is 0. The minimum Gasteiger partial charge on any atom is -0.368 e. The van der Waals surface area contributed by atoms with E-state index >= 15 is 0 Å². The molecule has 4 rings (SSSR count). The lowest BCUT2D eigenvalue weighted by Crippen LogP contribution is -2.44. The number of hydrogen-bond donors (Lipinski definition) is 3. The average Bonchev–Trinajstić information content (AvgIpc) is 2.77. The highest BCUT2D eigenvalue weighted by atomic mass is 32.2. The Kier molecular flexibility index (Phi) is 6.43. The average molecular weight is 398 g/mol. The van der Waals surface area contributed by atoms with Gasteiger partial charge in [0.1, 0.15) is 0 Å². The van der Waals surface area contributed by atoms with E-state index < -0.39 is 0 Å². The molecule has 2 fully saturated rings. The number of piperazine rings is 2. The lowest BCUT2D eigenvalue weighted by Gasteiger charge is -2.33. The van der Waals surface area contributed by atoms with Gasteiger partial charge in [0, 0.05) is 80.9 Å². The van der Waals surface area contributed by atoms with E-state index in [1.165, 1.54) is 10.6 Å². The quantitative estimate of drug-likeness (QED) is 0.641. The summed E-state index contributed by atoms with van der Waals surface area (Å²) in [5.74, 6) is 0.597. The van der Waals surface area contributed by atoms with Gasteiger partial charge >= 0.3 is 0 Å². The van der Waals surface area contributed by atoms with Gasteiger partial charge in [-0.1, -0.05) is 12.7 Å². The SMILES string of the molecule is C=Cc1cnc(Nc2ccc(SN3CCNCC3)c(N3CCNCC3)c2)nc1. The fourth-order valence-electron chi connectivity index (χ4n) is 3.34. The van der Waals surface area contributed by atoms with Crippen molar-refractivity contribution in [1.82, 2.24) is 24.9 Å². The van der Waals surface area contributed by atoms with Crippen molar-refractivity contribution < 1.29 is 0 Å². The predicted octanol–water partition coefficient (Wildman–Crippen LogP) is 2.19. The van der Waals surface area contributed by atoms with E-state index in [-0.39, 0.29) is 0 Å². The summed E-state index contributed by atoms with van der Waals surface area (Å²) in [5.41, 5.74) is 3.19. The molecule has 3 N–H and O–H groups in total. The molecule has 0 amide bonds. The molecule has 8 heteroatoms. The molecule has 0 spiro atoms. The smallest absolute Gasteiger partial charge is 0.227 e. The van der Waals surface area contributed by atoms with Crippen LogP contribution in [0.5, 0.6) is 0 Å². The highest BCUT2D eigenvalue weighted by Gasteiger charge is 2.19. The molecule has 28 heavy (non-hydrogen) atoms. The van der Waals surface area contributed by atoms with E-state index in [9.17, 15) is 0 Å². The van der Waals surface area contributed by atoms with Gasteiger partial charge in [-0.25, -0.2) is 14.3 Å². The van der Waals surface area contributed by atoms with Crippen LogP contribution in [0.1, 0.15) is 5.56 Å². The second kappa shape index (κ2) is 9.38. The summed E-state index contributed by atoms with van der Waals surface area (Å²) < 4.78 is 2.45. The molecule has 0 aliphatic carbocycles. The number of hydrogen-bond acceptors (Lipinski definition) is 8. The van der Waals surface area contributed by atoms with Gasteiger partial charge in [-0.15, -0.1) is 0 Å². The van der Waals surface area contributed by atoms with E-state index in [1.54, 1.807) is 18.5 Å². The van der Waals surface area contributed by atoms with Gasteiger partial charge < -0.3 is 20.9 Å². The van der Waals surface area contributed by atoms with Crippen molar-refractivity contribution in [3.63, 3.8) is 0 Å². The molecule has 1 aromatic heterocycles. The van der Waals surface area contributed by atoms with E-state index in [2.05, 4.69) is 59.9 Å². The maximum atomic E-state index is 4.37. The summed E-state index contributed by atoms with van der Waals surface area (Å²) in [6, 6.07) is 6.55. The molecule has 1 aromatic carbocycles. The van der Waals surface area contributed by atoms with Gasteiger partial charge in [-0.3, -0.25) is 0 Å². The topological polar surface area (TPSA) is 68.4 Å². The Balaban J connectivity index is 1.56. The lowest BCUT2D eigenvalue weighted by molar-refractivity contribution is 0.396. The molecule has 2 aliphatic rings. The maximum Gasteiger partial charge on any atom is 0.227 e. The highest BCUT2D eigenvalue weighted by molar-refractivity contribution is 7.97. The number of nitrogens with one attached hydrogen (secondary N) is 3. The molecular formula is C20H27N7S. The third-order valence-corrected chi connectivity index (χ3v) is 6.05. The molecule has 2 aliphatic heterocycles. The third kappa shape index (κ3) is 4.82. The molecule has 0 radical (unpaired) electrons. The summed E-state index contributed by atoms with van der Waals surface area (Å²) in [4.78, 5) is 12.5. The maximum absolute atomic E-state index is 4.37. The minimum atomic E-state index is 0.597. The Morgan fingerprint density at radius 3 is 2.36 bits per heavy atom. The minimum absolute atomic E-state index is 0.597. The molecule has 0 atom stereocenters. The molecule has 7 nitrogen and oxygen atoms in total. The molecule has 0 bridgehead atoms. The van der Waals surface area contributed by atoms with Crippen molar-refractivity contribution in [2.75, 3.05) is 62.6 Å². The normalized spacial score (nSPS) is 18.1. The van der Waals surface area contributed by atoms with Gasteiger partial charge in [0.2, 0.25) is 5.95 Å². The van der Waals surface area contributed by atoms with Gasteiger partial charge in [0.15, 0.2) is 0 Å². The fourth-order valence-corrected chi connectivity index (χ4v) is 4.39. The number of anilines is 3. The van der Waals surface area contributed by atoms with Crippen LogP contribution < -0.4 is 20.9 Å². The Bertz CT molecular complexity index is 784. The first-order chi connectivity index (χ1) is 13.8.